The van der Waals surface area contributed by atoms with E-state index < -0.39 is 15.7 Å². The molecule has 31 heavy (non-hydrogen) atoms. The fraction of sp³-hybridized carbons (Fsp3) is 0.143. The molecule has 0 spiro atoms. The summed E-state index contributed by atoms with van der Waals surface area (Å²) in [6, 6.07) is 11.5. The number of anilines is 1. The Labute approximate surface area is 178 Å². The molecule has 4 rings (SSSR count). The molecule has 0 fully saturated rings. The van der Waals surface area contributed by atoms with Gasteiger partial charge in [-0.25, -0.2) is 13.1 Å². The average molecular weight is 437 g/mol. The molecular formula is C21H19N5O4S. The summed E-state index contributed by atoms with van der Waals surface area (Å²) in [5.74, 6) is -0.474. The molecule has 0 aliphatic heterocycles. The number of nitrogens with one attached hydrogen (secondary N) is 1. The van der Waals surface area contributed by atoms with Crippen LogP contribution in [0.4, 0.5) is 6.01 Å². The number of carbonyl (C=O) groups excluding carboxylic acids is 1. The Morgan fingerprint density at radius 3 is 2.45 bits per heavy atom. The summed E-state index contributed by atoms with van der Waals surface area (Å²) in [5, 5.41) is 6.96. The molecule has 4 aromatic rings. The van der Waals surface area contributed by atoms with E-state index in [2.05, 4.69) is 20.4 Å². The third-order valence-electron chi connectivity index (χ3n) is 4.47. The molecule has 1 aromatic carbocycles. The molecule has 9 nitrogen and oxygen atoms in total. The van der Waals surface area contributed by atoms with Gasteiger partial charge in [0.2, 0.25) is 0 Å². The van der Waals surface area contributed by atoms with E-state index in [4.69, 9.17) is 4.42 Å². The van der Waals surface area contributed by atoms with E-state index >= 15 is 0 Å². The van der Waals surface area contributed by atoms with Gasteiger partial charge in [0.25, 0.3) is 5.91 Å². The molecule has 1 amide bonds. The van der Waals surface area contributed by atoms with Crippen molar-refractivity contribution in [1.82, 2.24) is 19.7 Å². The second-order valence-electron chi connectivity index (χ2n) is 7.06. The van der Waals surface area contributed by atoms with Crippen LogP contribution in [0.5, 0.6) is 0 Å². The number of rotatable bonds is 5. The summed E-state index contributed by atoms with van der Waals surface area (Å²) >= 11 is 0. The summed E-state index contributed by atoms with van der Waals surface area (Å²) in [6.45, 7) is 3.69. The Hall–Kier alpha value is -3.79. The number of oxazole rings is 1. The van der Waals surface area contributed by atoms with Gasteiger partial charge in [0.05, 0.1) is 22.0 Å². The number of carbonyl (C=O) groups is 1. The Balaban J connectivity index is 1.58. The van der Waals surface area contributed by atoms with Gasteiger partial charge < -0.3 is 4.42 Å². The molecule has 0 saturated carbocycles. The summed E-state index contributed by atoms with van der Waals surface area (Å²) in [5.41, 5.74) is 3.56. The van der Waals surface area contributed by atoms with E-state index in [0.29, 0.717) is 22.8 Å². The Morgan fingerprint density at radius 1 is 1.06 bits per heavy atom. The quantitative estimate of drug-likeness (QED) is 0.509. The molecule has 1 N–H and O–H groups in total. The first-order chi connectivity index (χ1) is 14.7. The molecule has 0 unspecified atom stereocenters. The second-order valence-corrected chi connectivity index (χ2v) is 9.08. The summed E-state index contributed by atoms with van der Waals surface area (Å²) < 4.78 is 30.2. The predicted molar refractivity (Wildman–Crippen MR) is 114 cm³/mol. The van der Waals surface area contributed by atoms with Gasteiger partial charge in [-0.05, 0) is 55.8 Å². The largest absolute Gasteiger partial charge is 0.431 e. The van der Waals surface area contributed by atoms with E-state index in [0.717, 1.165) is 11.8 Å². The van der Waals surface area contributed by atoms with Crippen LogP contribution in [0.3, 0.4) is 0 Å². The van der Waals surface area contributed by atoms with Crippen LogP contribution >= 0.6 is 0 Å². The summed E-state index contributed by atoms with van der Waals surface area (Å²) in [4.78, 5) is 21.6. The van der Waals surface area contributed by atoms with Crippen molar-refractivity contribution < 1.29 is 17.6 Å². The SMILES string of the molecule is Cc1ccc(-c2coc(NC(=O)c3cc(C)nn3-c3ccc(S(C)(=O)=O)cc3)n2)nc1. The number of aromatic nitrogens is 4. The molecule has 0 bridgehead atoms. The molecule has 3 aromatic heterocycles. The van der Waals surface area contributed by atoms with Crippen molar-refractivity contribution in [2.75, 3.05) is 11.6 Å². The molecule has 0 aliphatic carbocycles. The number of aryl methyl sites for hydroxylation is 2. The zero-order chi connectivity index (χ0) is 22.2. The minimum absolute atomic E-state index is 0.0280. The van der Waals surface area contributed by atoms with Crippen molar-refractivity contribution in [1.29, 1.82) is 0 Å². The van der Waals surface area contributed by atoms with E-state index in [1.807, 2.05) is 19.1 Å². The van der Waals surface area contributed by atoms with E-state index in [1.165, 1.54) is 23.1 Å². The molecule has 158 valence electrons. The zero-order valence-electron chi connectivity index (χ0n) is 17.0. The van der Waals surface area contributed by atoms with Gasteiger partial charge in [-0.2, -0.15) is 10.1 Å². The molecular weight excluding hydrogens is 418 g/mol. The van der Waals surface area contributed by atoms with Crippen molar-refractivity contribution in [3.63, 3.8) is 0 Å². The highest BCUT2D eigenvalue weighted by atomic mass is 32.2. The molecule has 0 atom stereocenters. The molecule has 3 heterocycles. The molecule has 10 heteroatoms. The first-order valence-corrected chi connectivity index (χ1v) is 11.2. The van der Waals surface area contributed by atoms with Crippen LogP contribution in [0.15, 0.2) is 64.2 Å². The fourth-order valence-corrected chi connectivity index (χ4v) is 3.55. The lowest BCUT2D eigenvalue weighted by Crippen LogP contribution is -2.17. The minimum atomic E-state index is -3.32. The number of nitrogens with zero attached hydrogens (tertiary/aromatic N) is 4. The van der Waals surface area contributed by atoms with Gasteiger partial charge in [0, 0.05) is 12.5 Å². The fourth-order valence-electron chi connectivity index (χ4n) is 2.92. The normalized spacial score (nSPS) is 11.5. The number of sulfone groups is 1. The lowest BCUT2D eigenvalue weighted by Gasteiger charge is -2.07. The Morgan fingerprint density at radius 2 is 1.81 bits per heavy atom. The van der Waals surface area contributed by atoms with Crippen LogP contribution < -0.4 is 5.32 Å². The average Bonchev–Trinajstić information content (AvgIpc) is 3.35. The third-order valence-corrected chi connectivity index (χ3v) is 5.60. The van der Waals surface area contributed by atoms with Gasteiger partial charge in [-0.1, -0.05) is 6.07 Å². The smallest absolute Gasteiger partial charge is 0.302 e. The van der Waals surface area contributed by atoms with Gasteiger partial charge >= 0.3 is 6.01 Å². The second kappa shape index (κ2) is 7.80. The van der Waals surface area contributed by atoms with Gasteiger partial charge in [-0.15, -0.1) is 0 Å². The Kier molecular flexibility index (Phi) is 5.15. The van der Waals surface area contributed by atoms with Crippen molar-refractivity contribution in [2.24, 2.45) is 0 Å². The van der Waals surface area contributed by atoms with Gasteiger partial charge in [0.15, 0.2) is 9.84 Å². The maximum atomic E-state index is 12.9. The highest BCUT2D eigenvalue weighted by Gasteiger charge is 2.19. The van der Waals surface area contributed by atoms with E-state index in [9.17, 15) is 13.2 Å². The van der Waals surface area contributed by atoms with Gasteiger partial charge in [-0.3, -0.25) is 15.1 Å². The van der Waals surface area contributed by atoms with Crippen molar-refractivity contribution in [3.8, 4) is 17.1 Å². The van der Waals surface area contributed by atoms with Crippen LogP contribution in [0.25, 0.3) is 17.1 Å². The maximum Gasteiger partial charge on any atom is 0.302 e. The number of hydrogen-bond acceptors (Lipinski definition) is 7. The van der Waals surface area contributed by atoms with E-state index in [-0.39, 0.29) is 16.6 Å². The van der Waals surface area contributed by atoms with Crippen LogP contribution in [0, 0.1) is 13.8 Å². The summed E-state index contributed by atoms with van der Waals surface area (Å²) in [7, 11) is -3.32. The maximum absolute atomic E-state index is 12.9. The number of amides is 1. The standard InChI is InChI=1S/C21H19N5O4S/c1-13-4-9-17(22-11-13)18-12-30-21(23-18)24-20(27)19-10-14(2)25-26(19)15-5-7-16(8-6-15)31(3,28)29/h4-12H,1-3H3,(H,23,24,27). The molecule has 0 saturated heterocycles. The highest BCUT2D eigenvalue weighted by Crippen LogP contribution is 2.21. The van der Waals surface area contributed by atoms with Crippen LogP contribution in [-0.4, -0.2) is 40.3 Å². The Bertz CT molecular complexity index is 1350. The zero-order valence-corrected chi connectivity index (χ0v) is 17.8. The number of benzene rings is 1. The van der Waals surface area contributed by atoms with Crippen molar-refractivity contribution in [3.05, 3.63) is 71.9 Å². The van der Waals surface area contributed by atoms with Crippen molar-refractivity contribution in [2.45, 2.75) is 18.7 Å². The summed E-state index contributed by atoms with van der Waals surface area (Å²) in [6.07, 6.45) is 4.27. The van der Waals surface area contributed by atoms with Crippen molar-refractivity contribution >= 4 is 21.8 Å². The first-order valence-electron chi connectivity index (χ1n) is 9.28. The first kappa shape index (κ1) is 20.5. The number of hydrogen-bond donors (Lipinski definition) is 1. The molecule has 0 radical (unpaired) electrons. The predicted octanol–water partition coefficient (Wildman–Crippen LogP) is 3.19. The van der Waals surface area contributed by atoms with Crippen LogP contribution in [0.2, 0.25) is 0 Å². The lowest BCUT2D eigenvalue weighted by atomic mass is 10.2. The topological polar surface area (TPSA) is 120 Å². The van der Waals surface area contributed by atoms with Crippen LogP contribution in [-0.2, 0) is 9.84 Å². The monoisotopic (exact) mass is 437 g/mol. The minimum Gasteiger partial charge on any atom is -0.431 e. The van der Waals surface area contributed by atoms with Gasteiger partial charge in [0.1, 0.15) is 17.7 Å². The van der Waals surface area contributed by atoms with E-state index in [1.54, 1.807) is 31.3 Å². The van der Waals surface area contributed by atoms with Crippen LogP contribution in [0.1, 0.15) is 21.7 Å². The number of pyridine rings is 1. The highest BCUT2D eigenvalue weighted by molar-refractivity contribution is 7.90. The molecule has 0 aliphatic rings. The lowest BCUT2D eigenvalue weighted by molar-refractivity contribution is 0.101. The third kappa shape index (κ3) is 4.38.